The number of nitrogens with two attached hydrogens (primary N) is 1. The van der Waals surface area contributed by atoms with Gasteiger partial charge in [0, 0.05) is 17.9 Å². The first-order valence-electron chi connectivity index (χ1n) is 8.64. The summed E-state index contributed by atoms with van der Waals surface area (Å²) in [4.78, 5) is 0. The van der Waals surface area contributed by atoms with Crippen molar-refractivity contribution < 1.29 is 4.74 Å². The van der Waals surface area contributed by atoms with E-state index in [1.807, 2.05) is 0 Å². The summed E-state index contributed by atoms with van der Waals surface area (Å²) in [5.41, 5.74) is 8.01. The van der Waals surface area contributed by atoms with Crippen LogP contribution in [0.1, 0.15) is 70.3 Å². The van der Waals surface area contributed by atoms with Gasteiger partial charge in [0.2, 0.25) is 0 Å². The quantitative estimate of drug-likeness (QED) is 0.879. The standard InChI is InChI=1S/C19H29NO/c1-14(2)15-7-9-16(10-8-15)21-18-13-17(20)19(18)11-5-3-4-6-12-19/h7-10,14,17-18H,3-6,11-13,20H2,1-2H3. The first-order chi connectivity index (χ1) is 10.1. The molecule has 2 fully saturated rings. The Kier molecular flexibility index (Phi) is 4.26. The summed E-state index contributed by atoms with van der Waals surface area (Å²) in [6.07, 6.45) is 9.22. The van der Waals surface area contributed by atoms with Gasteiger partial charge >= 0.3 is 0 Å². The molecular weight excluding hydrogens is 258 g/mol. The fraction of sp³-hybridized carbons (Fsp3) is 0.684. The van der Waals surface area contributed by atoms with Crippen LogP contribution in [0.15, 0.2) is 24.3 Å². The molecule has 21 heavy (non-hydrogen) atoms. The SMILES string of the molecule is CC(C)c1ccc(OC2CC(N)C23CCCCCC3)cc1. The highest BCUT2D eigenvalue weighted by Gasteiger charge is 2.54. The lowest BCUT2D eigenvalue weighted by Crippen LogP contribution is -2.63. The summed E-state index contributed by atoms with van der Waals surface area (Å²) in [7, 11) is 0. The van der Waals surface area contributed by atoms with Crippen molar-refractivity contribution in [1.82, 2.24) is 0 Å². The van der Waals surface area contributed by atoms with Crippen molar-refractivity contribution in [3.63, 3.8) is 0 Å². The van der Waals surface area contributed by atoms with E-state index in [9.17, 15) is 0 Å². The molecule has 2 aliphatic rings. The zero-order valence-electron chi connectivity index (χ0n) is 13.5. The lowest BCUT2D eigenvalue weighted by molar-refractivity contribution is -0.0770. The highest BCUT2D eigenvalue weighted by atomic mass is 16.5. The van der Waals surface area contributed by atoms with E-state index in [1.165, 1.54) is 44.1 Å². The Labute approximate surface area is 129 Å². The Morgan fingerprint density at radius 2 is 1.67 bits per heavy atom. The van der Waals surface area contributed by atoms with Crippen molar-refractivity contribution in [2.24, 2.45) is 11.1 Å². The summed E-state index contributed by atoms with van der Waals surface area (Å²) in [6, 6.07) is 8.99. The van der Waals surface area contributed by atoms with Crippen LogP contribution in [-0.4, -0.2) is 12.1 Å². The van der Waals surface area contributed by atoms with E-state index in [0.717, 1.165) is 12.2 Å². The van der Waals surface area contributed by atoms with E-state index in [2.05, 4.69) is 38.1 Å². The van der Waals surface area contributed by atoms with Gasteiger partial charge in [0.15, 0.2) is 0 Å². The zero-order chi connectivity index (χ0) is 14.9. The largest absolute Gasteiger partial charge is 0.490 e. The van der Waals surface area contributed by atoms with Crippen molar-refractivity contribution >= 4 is 0 Å². The van der Waals surface area contributed by atoms with Crippen LogP contribution in [0, 0.1) is 5.41 Å². The molecule has 2 heteroatoms. The van der Waals surface area contributed by atoms with Crippen LogP contribution in [-0.2, 0) is 0 Å². The molecule has 0 heterocycles. The Morgan fingerprint density at radius 3 is 2.19 bits per heavy atom. The molecule has 0 radical (unpaired) electrons. The fourth-order valence-corrected chi connectivity index (χ4v) is 4.12. The van der Waals surface area contributed by atoms with Crippen LogP contribution < -0.4 is 10.5 Å². The van der Waals surface area contributed by atoms with Crippen molar-refractivity contribution in [2.45, 2.75) is 76.9 Å². The minimum absolute atomic E-state index is 0.257. The molecule has 1 aromatic carbocycles. The highest BCUT2D eigenvalue weighted by molar-refractivity contribution is 5.29. The van der Waals surface area contributed by atoms with Gasteiger partial charge in [0.25, 0.3) is 0 Å². The van der Waals surface area contributed by atoms with Crippen LogP contribution in [0.5, 0.6) is 5.75 Å². The molecule has 0 aliphatic heterocycles. The van der Waals surface area contributed by atoms with Gasteiger partial charge in [-0.05, 0) is 36.5 Å². The third-order valence-electron chi connectivity index (χ3n) is 5.71. The van der Waals surface area contributed by atoms with E-state index in [1.54, 1.807) is 0 Å². The van der Waals surface area contributed by atoms with E-state index in [0.29, 0.717) is 18.1 Å². The normalized spacial score (nSPS) is 28.2. The average molecular weight is 287 g/mol. The lowest BCUT2D eigenvalue weighted by atomic mass is 9.58. The lowest BCUT2D eigenvalue weighted by Gasteiger charge is -2.54. The molecule has 2 N–H and O–H groups in total. The van der Waals surface area contributed by atoms with Crippen molar-refractivity contribution in [3.05, 3.63) is 29.8 Å². The van der Waals surface area contributed by atoms with Crippen LogP contribution >= 0.6 is 0 Å². The Hall–Kier alpha value is -1.02. The van der Waals surface area contributed by atoms with Gasteiger partial charge in [0.1, 0.15) is 11.9 Å². The predicted octanol–water partition coefficient (Wildman–Crippen LogP) is 4.63. The maximum absolute atomic E-state index is 6.39. The maximum Gasteiger partial charge on any atom is 0.119 e. The first kappa shape index (κ1) is 14.9. The second kappa shape index (κ2) is 6.00. The van der Waals surface area contributed by atoms with Gasteiger partial charge < -0.3 is 10.5 Å². The molecule has 3 rings (SSSR count). The van der Waals surface area contributed by atoms with Gasteiger partial charge in [-0.15, -0.1) is 0 Å². The third kappa shape index (κ3) is 2.83. The number of rotatable bonds is 3. The second-order valence-corrected chi connectivity index (χ2v) is 7.32. The van der Waals surface area contributed by atoms with Crippen LogP contribution in [0.25, 0.3) is 0 Å². The van der Waals surface area contributed by atoms with Crippen molar-refractivity contribution in [1.29, 1.82) is 0 Å². The molecule has 0 saturated heterocycles. The van der Waals surface area contributed by atoms with Gasteiger partial charge in [-0.1, -0.05) is 51.7 Å². The molecule has 2 atom stereocenters. The van der Waals surface area contributed by atoms with Gasteiger partial charge in [-0.3, -0.25) is 0 Å². The van der Waals surface area contributed by atoms with E-state index >= 15 is 0 Å². The summed E-state index contributed by atoms with van der Waals surface area (Å²) in [6.45, 7) is 4.45. The summed E-state index contributed by atoms with van der Waals surface area (Å²) >= 11 is 0. The molecule has 0 aromatic heterocycles. The number of hydrogen-bond donors (Lipinski definition) is 1. The van der Waals surface area contributed by atoms with Gasteiger partial charge in [-0.2, -0.15) is 0 Å². The average Bonchev–Trinajstić information content (AvgIpc) is 2.75. The Balaban J connectivity index is 1.69. The summed E-state index contributed by atoms with van der Waals surface area (Å²) in [5, 5.41) is 0. The Morgan fingerprint density at radius 1 is 1.05 bits per heavy atom. The predicted molar refractivity (Wildman–Crippen MR) is 87.7 cm³/mol. The van der Waals surface area contributed by atoms with E-state index in [4.69, 9.17) is 10.5 Å². The molecule has 0 amide bonds. The number of hydrogen-bond acceptors (Lipinski definition) is 2. The van der Waals surface area contributed by atoms with Gasteiger partial charge in [0.05, 0.1) is 0 Å². The van der Waals surface area contributed by atoms with E-state index < -0.39 is 0 Å². The van der Waals surface area contributed by atoms with Crippen LogP contribution in [0.3, 0.4) is 0 Å². The topological polar surface area (TPSA) is 35.2 Å². The second-order valence-electron chi connectivity index (χ2n) is 7.32. The summed E-state index contributed by atoms with van der Waals surface area (Å²) < 4.78 is 6.32. The van der Waals surface area contributed by atoms with E-state index in [-0.39, 0.29) is 5.41 Å². The summed E-state index contributed by atoms with van der Waals surface area (Å²) in [5.74, 6) is 1.59. The molecule has 1 spiro atoms. The maximum atomic E-state index is 6.39. The zero-order valence-corrected chi connectivity index (χ0v) is 13.5. The smallest absolute Gasteiger partial charge is 0.119 e. The van der Waals surface area contributed by atoms with Gasteiger partial charge in [-0.25, -0.2) is 0 Å². The third-order valence-corrected chi connectivity index (χ3v) is 5.71. The molecule has 2 saturated carbocycles. The molecule has 2 unspecified atom stereocenters. The van der Waals surface area contributed by atoms with Crippen LogP contribution in [0.2, 0.25) is 0 Å². The highest BCUT2D eigenvalue weighted by Crippen LogP contribution is 2.51. The molecule has 2 aliphatic carbocycles. The monoisotopic (exact) mass is 287 g/mol. The Bertz CT molecular complexity index is 457. The van der Waals surface area contributed by atoms with Crippen molar-refractivity contribution in [3.8, 4) is 5.75 Å². The number of benzene rings is 1. The van der Waals surface area contributed by atoms with Crippen molar-refractivity contribution in [2.75, 3.05) is 0 Å². The minimum Gasteiger partial charge on any atom is -0.490 e. The van der Waals surface area contributed by atoms with Crippen LogP contribution in [0.4, 0.5) is 0 Å². The molecule has 116 valence electrons. The fourth-order valence-electron chi connectivity index (χ4n) is 4.12. The molecule has 2 nitrogen and oxygen atoms in total. The number of ether oxygens (including phenoxy) is 1. The molecule has 0 bridgehead atoms. The minimum atomic E-state index is 0.257. The molecule has 1 aromatic rings. The molecular formula is C19H29NO. The first-order valence-corrected chi connectivity index (χ1v) is 8.64.